The fraction of sp³-hybridized carbons (Fsp3) is 0.731. The summed E-state index contributed by atoms with van der Waals surface area (Å²) in [7, 11) is -1.56. The van der Waals surface area contributed by atoms with Gasteiger partial charge in [0, 0.05) is 4.90 Å². The van der Waals surface area contributed by atoms with Gasteiger partial charge in [-0.3, -0.25) is 4.90 Å². The fourth-order valence-corrected chi connectivity index (χ4v) is 14.4. The molecule has 1 amide bonds. The smallest absolute Gasteiger partial charge is 0.412 e. The van der Waals surface area contributed by atoms with E-state index in [1.54, 1.807) is 4.90 Å². The van der Waals surface area contributed by atoms with Gasteiger partial charge in [0.2, 0.25) is 0 Å². The largest absolute Gasteiger partial charge is 0.444 e. The SMILES string of the molecule is CC(C)[Si](Sc1ccc(CC2COC(C)(C)N2C(=O)OC(C)(C)C)cc1)(C(C)C)C(C)C. The molecule has 182 valence electrons. The standard InChI is InChI=1S/C26H45NO3SSi/c1-18(2)32(19(3)4,20(5)6)31-23-14-12-21(13-15-23)16-22-17-29-26(10,11)27(22)24(28)30-25(7,8)9/h12-15,18-20,22H,16-17H2,1-11H3. The predicted octanol–water partition coefficient (Wildman–Crippen LogP) is 7.87. The predicted molar refractivity (Wildman–Crippen MR) is 139 cm³/mol. The Morgan fingerprint density at radius 2 is 1.59 bits per heavy atom. The lowest BCUT2D eigenvalue weighted by Crippen LogP contribution is -2.50. The van der Waals surface area contributed by atoms with E-state index in [1.165, 1.54) is 10.5 Å². The van der Waals surface area contributed by atoms with Gasteiger partial charge in [0.15, 0.2) is 0 Å². The molecule has 0 N–H and O–H groups in total. The molecule has 0 spiro atoms. The Bertz CT molecular complexity index is 746. The van der Waals surface area contributed by atoms with Gasteiger partial charge in [-0.2, -0.15) is 11.2 Å². The quantitative estimate of drug-likeness (QED) is 0.373. The van der Waals surface area contributed by atoms with Crippen molar-refractivity contribution in [3.05, 3.63) is 29.8 Å². The van der Waals surface area contributed by atoms with Crippen LogP contribution in [0.2, 0.25) is 16.6 Å². The third-order valence-electron chi connectivity index (χ3n) is 6.56. The van der Waals surface area contributed by atoms with Crippen LogP contribution in [0, 0.1) is 0 Å². The van der Waals surface area contributed by atoms with Gasteiger partial charge in [0.1, 0.15) is 18.5 Å². The van der Waals surface area contributed by atoms with E-state index >= 15 is 0 Å². The van der Waals surface area contributed by atoms with Gasteiger partial charge in [-0.25, -0.2) is 4.79 Å². The van der Waals surface area contributed by atoms with Crippen molar-refractivity contribution >= 4 is 24.5 Å². The molecule has 1 aliphatic heterocycles. The van der Waals surface area contributed by atoms with Crippen LogP contribution in [0.15, 0.2) is 29.2 Å². The number of hydrogen-bond donors (Lipinski definition) is 0. The number of carbonyl (C=O) groups is 1. The van der Waals surface area contributed by atoms with E-state index in [-0.39, 0.29) is 12.1 Å². The Labute approximate surface area is 201 Å². The molecule has 0 bridgehead atoms. The first-order valence-electron chi connectivity index (χ1n) is 12.0. The molecule has 4 nitrogen and oxygen atoms in total. The number of nitrogens with zero attached hydrogens (tertiary/aromatic N) is 1. The van der Waals surface area contributed by atoms with Gasteiger partial charge in [0.25, 0.3) is 0 Å². The van der Waals surface area contributed by atoms with Crippen molar-refractivity contribution in [2.75, 3.05) is 6.61 Å². The van der Waals surface area contributed by atoms with Gasteiger partial charge in [0.05, 0.1) is 12.6 Å². The lowest BCUT2D eigenvalue weighted by atomic mass is 10.1. The Balaban J connectivity index is 2.18. The zero-order valence-electron chi connectivity index (χ0n) is 22.1. The minimum absolute atomic E-state index is 0.0335. The average molecular weight is 480 g/mol. The highest BCUT2D eigenvalue weighted by atomic mass is 32.4. The highest BCUT2D eigenvalue weighted by molar-refractivity contribution is 8.29. The highest BCUT2D eigenvalue weighted by Gasteiger charge is 2.46. The summed E-state index contributed by atoms with van der Waals surface area (Å²) in [6.07, 6.45) is 0.452. The zero-order chi connectivity index (χ0) is 24.5. The van der Waals surface area contributed by atoms with Crippen LogP contribution in [0.25, 0.3) is 0 Å². The Kier molecular flexibility index (Phi) is 8.61. The van der Waals surface area contributed by atoms with Gasteiger partial charge in [-0.05, 0) is 75.4 Å². The summed E-state index contributed by atoms with van der Waals surface area (Å²) in [4.78, 5) is 16.0. The van der Waals surface area contributed by atoms with Gasteiger partial charge >= 0.3 is 6.09 Å². The monoisotopic (exact) mass is 479 g/mol. The maximum absolute atomic E-state index is 12.9. The van der Waals surface area contributed by atoms with E-state index in [2.05, 4.69) is 77.0 Å². The molecule has 1 saturated heterocycles. The van der Waals surface area contributed by atoms with Crippen LogP contribution in [0.5, 0.6) is 0 Å². The second-order valence-corrected chi connectivity index (χ2v) is 20.1. The van der Waals surface area contributed by atoms with Crippen molar-refractivity contribution in [3.8, 4) is 0 Å². The van der Waals surface area contributed by atoms with E-state index < -0.39 is 18.5 Å². The number of benzene rings is 1. The molecule has 1 atom stereocenters. The van der Waals surface area contributed by atoms with E-state index in [0.29, 0.717) is 23.2 Å². The molecule has 1 fully saturated rings. The van der Waals surface area contributed by atoms with E-state index in [9.17, 15) is 4.79 Å². The summed E-state index contributed by atoms with van der Waals surface area (Å²) in [6.45, 7) is 24.5. The van der Waals surface area contributed by atoms with Crippen molar-refractivity contribution in [2.45, 2.75) is 121 Å². The molecule has 0 saturated carbocycles. The molecular formula is C26H45NO3SSi. The lowest BCUT2D eigenvalue weighted by molar-refractivity contribution is -0.0624. The molecule has 0 radical (unpaired) electrons. The molecule has 1 heterocycles. The molecule has 1 aromatic carbocycles. The minimum atomic E-state index is -1.56. The van der Waals surface area contributed by atoms with Crippen LogP contribution in [0.3, 0.4) is 0 Å². The molecule has 0 aromatic heterocycles. The van der Waals surface area contributed by atoms with Crippen molar-refractivity contribution in [1.29, 1.82) is 0 Å². The van der Waals surface area contributed by atoms with Gasteiger partial charge in [-0.1, -0.05) is 53.7 Å². The van der Waals surface area contributed by atoms with Gasteiger partial charge in [-0.15, -0.1) is 0 Å². The molecule has 1 unspecified atom stereocenters. The van der Waals surface area contributed by atoms with E-state index in [0.717, 1.165) is 6.42 Å². The number of carbonyl (C=O) groups excluding carboxylic acids is 1. The van der Waals surface area contributed by atoms with Crippen LogP contribution >= 0.6 is 11.2 Å². The van der Waals surface area contributed by atoms with Crippen LogP contribution < -0.4 is 0 Å². The van der Waals surface area contributed by atoms with Crippen LogP contribution in [0.1, 0.15) is 81.7 Å². The Hall–Kier alpha value is -0.983. The van der Waals surface area contributed by atoms with E-state index in [1.807, 2.05) is 34.6 Å². The Morgan fingerprint density at radius 3 is 2.03 bits per heavy atom. The van der Waals surface area contributed by atoms with Crippen molar-refractivity contribution < 1.29 is 14.3 Å². The topological polar surface area (TPSA) is 38.8 Å². The molecule has 0 aliphatic carbocycles. The summed E-state index contributed by atoms with van der Waals surface area (Å²) < 4.78 is 11.6. The van der Waals surface area contributed by atoms with Crippen LogP contribution in [-0.4, -0.2) is 42.2 Å². The summed E-state index contributed by atoms with van der Waals surface area (Å²) in [5, 5.41) is 0. The first-order chi connectivity index (χ1) is 14.6. The second-order valence-electron chi connectivity index (χ2n) is 11.5. The number of rotatable bonds is 7. The van der Waals surface area contributed by atoms with Crippen LogP contribution in [-0.2, 0) is 15.9 Å². The molecule has 6 heteroatoms. The lowest BCUT2D eigenvalue weighted by Gasteiger charge is -2.42. The summed E-state index contributed by atoms with van der Waals surface area (Å²) in [5.41, 5.74) is 2.17. The first kappa shape index (κ1) is 27.3. The maximum atomic E-state index is 12.9. The fourth-order valence-electron chi connectivity index (χ4n) is 5.24. The van der Waals surface area contributed by atoms with Crippen LogP contribution in [0.4, 0.5) is 4.79 Å². The molecular weight excluding hydrogens is 434 g/mol. The summed E-state index contributed by atoms with van der Waals surface area (Å²) >= 11 is 2.15. The summed E-state index contributed by atoms with van der Waals surface area (Å²) in [5.74, 6) is 0. The van der Waals surface area contributed by atoms with Crippen molar-refractivity contribution in [1.82, 2.24) is 4.90 Å². The minimum Gasteiger partial charge on any atom is -0.444 e. The molecule has 2 rings (SSSR count). The first-order valence-corrected chi connectivity index (χ1v) is 15.8. The average Bonchev–Trinajstić information content (AvgIpc) is 2.92. The number of amides is 1. The summed E-state index contributed by atoms with van der Waals surface area (Å²) in [6, 6.07) is 8.96. The van der Waals surface area contributed by atoms with Crippen molar-refractivity contribution in [3.63, 3.8) is 0 Å². The second kappa shape index (κ2) is 10.1. The number of ether oxygens (including phenoxy) is 2. The molecule has 1 aromatic rings. The third-order valence-corrected chi connectivity index (χ3v) is 18.8. The third kappa shape index (κ3) is 6.12. The Morgan fingerprint density at radius 1 is 1.09 bits per heavy atom. The van der Waals surface area contributed by atoms with Gasteiger partial charge < -0.3 is 9.47 Å². The van der Waals surface area contributed by atoms with E-state index in [4.69, 9.17) is 9.47 Å². The normalized spacial score (nSPS) is 19.3. The van der Waals surface area contributed by atoms with Crippen molar-refractivity contribution in [2.24, 2.45) is 0 Å². The molecule has 32 heavy (non-hydrogen) atoms. The number of hydrogen-bond acceptors (Lipinski definition) is 4. The maximum Gasteiger partial charge on any atom is 0.412 e. The molecule has 1 aliphatic rings. The zero-order valence-corrected chi connectivity index (χ0v) is 23.9. The highest BCUT2D eigenvalue weighted by Crippen LogP contribution is 2.51.